The first-order valence-corrected chi connectivity index (χ1v) is 7.71. The van der Waals surface area contributed by atoms with Gasteiger partial charge in [0, 0.05) is 30.0 Å². The van der Waals surface area contributed by atoms with Crippen molar-refractivity contribution in [3.63, 3.8) is 0 Å². The van der Waals surface area contributed by atoms with Gasteiger partial charge in [-0.2, -0.15) is 0 Å². The number of aliphatic hydroxyl groups excluding tert-OH is 1. The van der Waals surface area contributed by atoms with Crippen molar-refractivity contribution < 1.29 is 9.90 Å². The van der Waals surface area contributed by atoms with E-state index in [0.717, 1.165) is 43.0 Å². The highest BCUT2D eigenvalue weighted by Crippen LogP contribution is 2.35. The predicted molar refractivity (Wildman–Crippen MR) is 83.5 cm³/mol. The van der Waals surface area contributed by atoms with Gasteiger partial charge in [0.15, 0.2) is 0 Å². The van der Waals surface area contributed by atoms with Gasteiger partial charge in [-0.05, 0) is 31.0 Å². The molecule has 0 aliphatic carbocycles. The van der Waals surface area contributed by atoms with E-state index < -0.39 is 0 Å². The van der Waals surface area contributed by atoms with E-state index in [1.165, 1.54) is 0 Å². The maximum atomic E-state index is 12.0. The SMILES string of the molecule is CCNC1C(=O)Nc2cc(N3CCC(O)C(C)C3)ccc21. The van der Waals surface area contributed by atoms with Crippen molar-refractivity contribution in [2.24, 2.45) is 5.92 Å². The van der Waals surface area contributed by atoms with Crippen molar-refractivity contribution in [2.45, 2.75) is 32.4 Å². The second-order valence-corrected chi connectivity index (χ2v) is 6.03. The lowest BCUT2D eigenvalue weighted by Crippen LogP contribution is -2.41. The van der Waals surface area contributed by atoms with Crippen LogP contribution in [0.15, 0.2) is 18.2 Å². The summed E-state index contributed by atoms with van der Waals surface area (Å²) in [7, 11) is 0. The molecule has 1 amide bonds. The van der Waals surface area contributed by atoms with Crippen molar-refractivity contribution in [1.82, 2.24) is 5.32 Å². The van der Waals surface area contributed by atoms with Crippen LogP contribution in [0.1, 0.15) is 31.9 Å². The average molecular weight is 289 g/mol. The number of rotatable bonds is 3. The van der Waals surface area contributed by atoms with Crippen LogP contribution in [0.25, 0.3) is 0 Å². The molecule has 1 fully saturated rings. The highest BCUT2D eigenvalue weighted by atomic mass is 16.3. The Morgan fingerprint density at radius 3 is 3.00 bits per heavy atom. The van der Waals surface area contributed by atoms with Crippen LogP contribution in [0, 0.1) is 5.92 Å². The molecule has 3 rings (SSSR count). The maximum absolute atomic E-state index is 12.0. The molecule has 5 nitrogen and oxygen atoms in total. The highest BCUT2D eigenvalue weighted by Gasteiger charge is 2.31. The molecule has 0 saturated carbocycles. The largest absolute Gasteiger partial charge is 0.393 e. The van der Waals surface area contributed by atoms with Crippen LogP contribution in [-0.4, -0.2) is 36.8 Å². The van der Waals surface area contributed by atoms with E-state index in [2.05, 4.69) is 34.6 Å². The second kappa shape index (κ2) is 5.66. The summed E-state index contributed by atoms with van der Waals surface area (Å²) in [6.07, 6.45) is 0.596. The minimum Gasteiger partial charge on any atom is -0.393 e. The lowest BCUT2D eigenvalue weighted by molar-refractivity contribution is -0.117. The number of benzene rings is 1. The van der Waals surface area contributed by atoms with Crippen LogP contribution >= 0.6 is 0 Å². The minimum absolute atomic E-state index is 0.0198. The van der Waals surface area contributed by atoms with E-state index in [4.69, 9.17) is 0 Å². The molecule has 0 spiro atoms. The van der Waals surface area contributed by atoms with Gasteiger partial charge in [-0.15, -0.1) is 0 Å². The van der Waals surface area contributed by atoms with Crippen LogP contribution in [-0.2, 0) is 4.79 Å². The van der Waals surface area contributed by atoms with Crippen LogP contribution in [0.5, 0.6) is 0 Å². The molecule has 3 atom stereocenters. The summed E-state index contributed by atoms with van der Waals surface area (Å²) in [5.41, 5.74) is 3.04. The Morgan fingerprint density at radius 1 is 1.48 bits per heavy atom. The first kappa shape index (κ1) is 14.4. The second-order valence-electron chi connectivity index (χ2n) is 6.03. The number of carbonyl (C=O) groups excluding carboxylic acids is 1. The number of hydrogen-bond donors (Lipinski definition) is 3. The summed E-state index contributed by atoms with van der Waals surface area (Å²) >= 11 is 0. The smallest absolute Gasteiger partial charge is 0.246 e. The summed E-state index contributed by atoms with van der Waals surface area (Å²) in [4.78, 5) is 14.3. The fourth-order valence-corrected chi connectivity index (χ4v) is 3.22. The lowest BCUT2D eigenvalue weighted by atomic mass is 9.96. The van der Waals surface area contributed by atoms with Crippen molar-refractivity contribution in [1.29, 1.82) is 0 Å². The van der Waals surface area contributed by atoms with Crippen LogP contribution in [0.2, 0.25) is 0 Å². The van der Waals surface area contributed by atoms with Gasteiger partial charge >= 0.3 is 0 Å². The van der Waals surface area contributed by atoms with Gasteiger partial charge in [-0.3, -0.25) is 4.79 Å². The molecular formula is C16H23N3O2. The quantitative estimate of drug-likeness (QED) is 0.789. The number of piperidine rings is 1. The Morgan fingerprint density at radius 2 is 2.29 bits per heavy atom. The molecule has 114 valence electrons. The van der Waals surface area contributed by atoms with Gasteiger partial charge in [-0.25, -0.2) is 0 Å². The monoisotopic (exact) mass is 289 g/mol. The minimum atomic E-state index is -0.235. The Labute approximate surface area is 125 Å². The van der Waals surface area contributed by atoms with Crippen LogP contribution in [0.3, 0.4) is 0 Å². The molecule has 0 bridgehead atoms. The first-order chi connectivity index (χ1) is 10.1. The van der Waals surface area contributed by atoms with E-state index in [1.807, 2.05) is 13.0 Å². The molecule has 2 aliphatic rings. The molecular weight excluding hydrogens is 266 g/mol. The third kappa shape index (κ3) is 2.63. The Bertz CT molecular complexity index is 546. The molecule has 2 heterocycles. The number of fused-ring (bicyclic) bond motifs is 1. The number of carbonyl (C=O) groups is 1. The van der Waals surface area contributed by atoms with Gasteiger partial charge in [0.1, 0.15) is 6.04 Å². The number of likely N-dealkylation sites (N-methyl/N-ethyl adjacent to an activating group) is 1. The molecule has 1 saturated heterocycles. The molecule has 1 aromatic carbocycles. The number of anilines is 2. The zero-order valence-electron chi connectivity index (χ0n) is 12.6. The summed E-state index contributed by atoms with van der Waals surface area (Å²) in [5, 5.41) is 16.0. The average Bonchev–Trinajstić information content (AvgIpc) is 2.78. The topological polar surface area (TPSA) is 64.6 Å². The predicted octanol–water partition coefficient (Wildman–Crippen LogP) is 1.50. The Hall–Kier alpha value is -1.59. The number of amides is 1. The molecule has 0 radical (unpaired) electrons. The fourth-order valence-electron chi connectivity index (χ4n) is 3.22. The van der Waals surface area contributed by atoms with Crippen molar-refractivity contribution in [3.05, 3.63) is 23.8 Å². The highest BCUT2D eigenvalue weighted by molar-refractivity contribution is 6.03. The fraction of sp³-hybridized carbons (Fsp3) is 0.562. The lowest BCUT2D eigenvalue weighted by Gasteiger charge is -2.36. The van der Waals surface area contributed by atoms with Crippen molar-refractivity contribution in [3.8, 4) is 0 Å². The summed E-state index contributed by atoms with van der Waals surface area (Å²) in [6, 6.07) is 5.93. The Kier molecular flexibility index (Phi) is 3.87. The molecule has 21 heavy (non-hydrogen) atoms. The van der Waals surface area contributed by atoms with E-state index in [9.17, 15) is 9.90 Å². The van der Waals surface area contributed by atoms with Gasteiger partial charge in [0.25, 0.3) is 0 Å². The van der Waals surface area contributed by atoms with Gasteiger partial charge in [-0.1, -0.05) is 19.9 Å². The third-order valence-corrected chi connectivity index (χ3v) is 4.50. The number of nitrogens with one attached hydrogen (secondary N) is 2. The zero-order valence-corrected chi connectivity index (χ0v) is 12.6. The molecule has 1 aromatic rings. The van der Waals surface area contributed by atoms with Crippen LogP contribution in [0.4, 0.5) is 11.4 Å². The van der Waals surface area contributed by atoms with E-state index in [1.54, 1.807) is 0 Å². The third-order valence-electron chi connectivity index (χ3n) is 4.50. The molecule has 5 heteroatoms. The van der Waals surface area contributed by atoms with Crippen molar-refractivity contribution in [2.75, 3.05) is 29.9 Å². The standard InChI is InChI=1S/C16H23N3O2/c1-3-17-15-12-5-4-11(8-13(12)18-16(15)21)19-7-6-14(20)10(2)9-19/h4-5,8,10,14-15,17,20H,3,6-7,9H2,1-2H3,(H,18,21). The van der Waals surface area contributed by atoms with Crippen LogP contribution < -0.4 is 15.5 Å². The molecule has 3 unspecified atom stereocenters. The number of hydrogen-bond acceptors (Lipinski definition) is 4. The summed E-state index contributed by atoms with van der Waals surface area (Å²) in [6.45, 7) is 6.55. The zero-order chi connectivity index (χ0) is 15.0. The maximum Gasteiger partial charge on any atom is 0.246 e. The van der Waals surface area contributed by atoms with Gasteiger partial charge in [0.05, 0.1) is 6.10 Å². The van der Waals surface area contributed by atoms with Crippen molar-refractivity contribution >= 4 is 17.3 Å². The van der Waals surface area contributed by atoms with E-state index in [0.29, 0.717) is 0 Å². The molecule has 0 aromatic heterocycles. The van der Waals surface area contributed by atoms with E-state index >= 15 is 0 Å². The molecule has 2 aliphatic heterocycles. The summed E-state index contributed by atoms with van der Waals surface area (Å²) < 4.78 is 0. The van der Waals surface area contributed by atoms with Gasteiger partial charge < -0.3 is 20.6 Å². The molecule has 3 N–H and O–H groups in total. The normalized spacial score (nSPS) is 28.4. The number of aliphatic hydroxyl groups is 1. The van der Waals surface area contributed by atoms with E-state index in [-0.39, 0.29) is 24.0 Å². The summed E-state index contributed by atoms with van der Waals surface area (Å²) in [5.74, 6) is 0.294. The number of nitrogens with zero attached hydrogens (tertiary/aromatic N) is 1. The Balaban J connectivity index is 1.81. The first-order valence-electron chi connectivity index (χ1n) is 7.71. The van der Waals surface area contributed by atoms with Gasteiger partial charge in [0.2, 0.25) is 5.91 Å².